The van der Waals surface area contributed by atoms with E-state index in [1.165, 1.54) is 9.75 Å². The van der Waals surface area contributed by atoms with Crippen LogP contribution < -0.4 is 5.43 Å². The Bertz CT molecular complexity index is 626. The van der Waals surface area contributed by atoms with Gasteiger partial charge in [0.1, 0.15) is 0 Å². The number of aryl methyl sites for hydroxylation is 2. The van der Waals surface area contributed by atoms with Gasteiger partial charge in [-0.2, -0.15) is 5.10 Å². The van der Waals surface area contributed by atoms with E-state index in [1.54, 1.807) is 28.9 Å². The smallest absolute Gasteiger partial charge is 0.267 e. The van der Waals surface area contributed by atoms with E-state index >= 15 is 0 Å². The standard InChI is InChI=1S/C15H18N2OS2/c1-4-11-6-7-12(20-11)8-16-17-15(18)14-9-19-10(3)13(14)5-2/h6-9H,4-5H2,1-3H3,(H,17,18)/b16-8+. The van der Waals surface area contributed by atoms with Crippen LogP contribution in [0.5, 0.6) is 0 Å². The first-order valence-corrected chi connectivity index (χ1v) is 8.34. The van der Waals surface area contributed by atoms with Gasteiger partial charge in [-0.15, -0.1) is 22.7 Å². The fourth-order valence-corrected chi connectivity index (χ4v) is 3.74. The lowest BCUT2D eigenvalue weighted by Crippen LogP contribution is -2.18. The summed E-state index contributed by atoms with van der Waals surface area (Å²) in [6.45, 7) is 6.23. The molecule has 0 radical (unpaired) electrons. The normalized spacial score (nSPS) is 11.2. The van der Waals surface area contributed by atoms with Crippen LogP contribution in [0.4, 0.5) is 0 Å². The van der Waals surface area contributed by atoms with Crippen LogP contribution in [-0.4, -0.2) is 12.1 Å². The van der Waals surface area contributed by atoms with Crippen molar-refractivity contribution in [2.24, 2.45) is 5.10 Å². The summed E-state index contributed by atoms with van der Waals surface area (Å²) in [6.07, 6.45) is 3.60. The summed E-state index contributed by atoms with van der Waals surface area (Å²) in [4.78, 5) is 15.6. The molecule has 0 saturated carbocycles. The van der Waals surface area contributed by atoms with Gasteiger partial charge in [0.05, 0.1) is 11.8 Å². The largest absolute Gasteiger partial charge is 0.272 e. The molecule has 0 atom stereocenters. The van der Waals surface area contributed by atoms with Crippen LogP contribution in [0, 0.1) is 6.92 Å². The SMILES string of the molecule is CCc1ccc(/C=N/NC(=O)c2csc(C)c2CC)s1. The molecule has 5 heteroatoms. The maximum Gasteiger partial charge on any atom is 0.272 e. The Kier molecular flexibility index (Phi) is 5.09. The number of carbonyl (C=O) groups is 1. The van der Waals surface area contributed by atoms with Crippen molar-refractivity contribution in [1.82, 2.24) is 5.43 Å². The minimum Gasteiger partial charge on any atom is -0.267 e. The van der Waals surface area contributed by atoms with E-state index in [2.05, 4.69) is 30.4 Å². The summed E-state index contributed by atoms with van der Waals surface area (Å²) in [5.74, 6) is -0.130. The summed E-state index contributed by atoms with van der Waals surface area (Å²) in [7, 11) is 0. The first kappa shape index (κ1) is 14.9. The third-order valence-corrected chi connectivity index (χ3v) is 5.21. The van der Waals surface area contributed by atoms with E-state index < -0.39 is 0 Å². The maximum atomic E-state index is 12.1. The molecule has 2 aromatic rings. The molecule has 0 aliphatic heterocycles. The average molecular weight is 306 g/mol. The Morgan fingerprint density at radius 2 is 2.15 bits per heavy atom. The molecule has 1 amide bonds. The van der Waals surface area contributed by atoms with E-state index in [0.717, 1.165) is 28.8 Å². The van der Waals surface area contributed by atoms with Crippen LogP contribution >= 0.6 is 22.7 Å². The number of rotatable bonds is 5. The monoisotopic (exact) mass is 306 g/mol. The Labute approximate surface area is 127 Å². The molecule has 0 fully saturated rings. The number of hydrazone groups is 1. The fraction of sp³-hybridized carbons (Fsp3) is 0.333. The van der Waals surface area contributed by atoms with Crippen molar-refractivity contribution in [3.05, 3.63) is 43.3 Å². The first-order valence-electron chi connectivity index (χ1n) is 6.64. The second-order valence-electron chi connectivity index (χ2n) is 4.39. The Morgan fingerprint density at radius 3 is 2.80 bits per heavy atom. The van der Waals surface area contributed by atoms with Crippen LogP contribution in [0.3, 0.4) is 0 Å². The van der Waals surface area contributed by atoms with Gasteiger partial charge in [-0.05, 0) is 37.5 Å². The predicted molar refractivity (Wildman–Crippen MR) is 87.2 cm³/mol. The minimum atomic E-state index is -0.130. The van der Waals surface area contributed by atoms with E-state index in [9.17, 15) is 4.79 Å². The molecule has 106 valence electrons. The van der Waals surface area contributed by atoms with Gasteiger partial charge in [-0.1, -0.05) is 13.8 Å². The summed E-state index contributed by atoms with van der Waals surface area (Å²) >= 11 is 3.30. The van der Waals surface area contributed by atoms with E-state index in [0.29, 0.717) is 0 Å². The third kappa shape index (κ3) is 3.35. The third-order valence-electron chi connectivity index (χ3n) is 3.09. The molecule has 1 N–H and O–H groups in total. The average Bonchev–Trinajstić information content (AvgIpc) is 3.04. The first-order chi connectivity index (χ1) is 9.65. The lowest BCUT2D eigenvalue weighted by Gasteiger charge is -2.01. The lowest BCUT2D eigenvalue weighted by atomic mass is 10.1. The Balaban J connectivity index is 2.01. The molecule has 0 aliphatic rings. The van der Waals surface area contributed by atoms with Gasteiger partial charge in [0.25, 0.3) is 5.91 Å². The molecule has 0 bridgehead atoms. The summed E-state index contributed by atoms with van der Waals surface area (Å²) in [6, 6.07) is 4.11. The molecular formula is C15H18N2OS2. The number of carbonyl (C=O) groups excluding carboxylic acids is 1. The zero-order valence-electron chi connectivity index (χ0n) is 11.9. The highest BCUT2D eigenvalue weighted by atomic mass is 32.1. The predicted octanol–water partition coefficient (Wildman–Crippen LogP) is 4.01. The second kappa shape index (κ2) is 6.81. The van der Waals surface area contributed by atoms with Crippen LogP contribution in [-0.2, 0) is 12.8 Å². The van der Waals surface area contributed by atoms with E-state index in [4.69, 9.17) is 0 Å². The minimum absolute atomic E-state index is 0.130. The van der Waals surface area contributed by atoms with Crippen molar-refractivity contribution in [2.45, 2.75) is 33.6 Å². The number of amides is 1. The summed E-state index contributed by atoms with van der Waals surface area (Å²) in [5, 5.41) is 5.94. The molecule has 0 saturated heterocycles. The lowest BCUT2D eigenvalue weighted by molar-refractivity contribution is 0.0954. The second-order valence-corrected chi connectivity index (χ2v) is 6.68. The number of nitrogens with one attached hydrogen (secondary N) is 1. The van der Waals surface area contributed by atoms with Gasteiger partial charge >= 0.3 is 0 Å². The number of hydrogen-bond donors (Lipinski definition) is 1. The van der Waals surface area contributed by atoms with Gasteiger partial charge in [-0.25, -0.2) is 5.43 Å². The molecule has 2 aromatic heterocycles. The molecule has 2 heterocycles. The highest BCUT2D eigenvalue weighted by Gasteiger charge is 2.13. The molecule has 20 heavy (non-hydrogen) atoms. The van der Waals surface area contributed by atoms with Crippen molar-refractivity contribution >= 4 is 34.8 Å². The molecule has 2 rings (SSSR count). The Morgan fingerprint density at radius 1 is 1.35 bits per heavy atom. The van der Waals surface area contributed by atoms with Crippen molar-refractivity contribution in [3.8, 4) is 0 Å². The molecule has 3 nitrogen and oxygen atoms in total. The van der Waals surface area contributed by atoms with Gasteiger partial charge < -0.3 is 0 Å². The van der Waals surface area contributed by atoms with Crippen molar-refractivity contribution in [2.75, 3.05) is 0 Å². The molecule has 0 unspecified atom stereocenters. The van der Waals surface area contributed by atoms with Crippen molar-refractivity contribution < 1.29 is 4.79 Å². The van der Waals surface area contributed by atoms with Crippen molar-refractivity contribution in [3.63, 3.8) is 0 Å². The molecule has 0 spiro atoms. The van der Waals surface area contributed by atoms with Gasteiger partial charge in [0, 0.05) is 20.0 Å². The van der Waals surface area contributed by atoms with Crippen LogP contribution in [0.2, 0.25) is 0 Å². The number of thiophene rings is 2. The highest BCUT2D eigenvalue weighted by Crippen LogP contribution is 2.22. The number of hydrogen-bond acceptors (Lipinski definition) is 4. The van der Waals surface area contributed by atoms with Crippen molar-refractivity contribution in [1.29, 1.82) is 0 Å². The maximum absolute atomic E-state index is 12.1. The number of nitrogens with zero attached hydrogens (tertiary/aromatic N) is 1. The zero-order chi connectivity index (χ0) is 14.5. The van der Waals surface area contributed by atoms with E-state index in [-0.39, 0.29) is 5.91 Å². The Hall–Kier alpha value is -1.46. The summed E-state index contributed by atoms with van der Waals surface area (Å²) < 4.78 is 0. The van der Waals surface area contributed by atoms with Crippen LogP contribution in [0.25, 0.3) is 0 Å². The van der Waals surface area contributed by atoms with Gasteiger partial charge in [0.15, 0.2) is 0 Å². The molecule has 0 aromatic carbocycles. The molecular weight excluding hydrogens is 288 g/mol. The summed E-state index contributed by atoms with van der Waals surface area (Å²) in [5.41, 5.74) is 4.47. The van der Waals surface area contributed by atoms with E-state index in [1.807, 2.05) is 18.4 Å². The van der Waals surface area contributed by atoms with Gasteiger partial charge in [0.2, 0.25) is 0 Å². The quantitative estimate of drug-likeness (QED) is 0.658. The topological polar surface area (TPSA) is 41.5 Å². The highest BCUT2D eigenvalue weighted by molar-refractivity contribution is 7.13. The van der Waals surface area contributed by atoms with Gasteiger partial charge in [-0.3, -0.25) is 4.79 Å². The zero-order valence-corrected chi connectivity index (χ0v) is 13.5. The van der Waals surface area contributed by atoms with Crippen LogP contribution in [0.1, 0.15) is 44.4 Å². The fourth-order valence-electron chi connectivity index (χ4n) is 1.98. The molecule has 0 aliphatic carbocycles. The van der Waals surface area contributed by atoms with Crippen LogP contribution in [0.15, 0.2) is 22.6 Å².